The van der Waals surface area contributed by atoms with Crippen LogP contribution in [0.25, 0.3) is 0 Å². The van der Waals surface area contributed by atoms with Crippen LogP contribution < -0.4 is 12.4 Å². The van der Waals surface area contributed by atoms with E-state index in [-0.39, 0.29) is 32.2 Å². The number of rotatable bonds is 11. The zero-order valence-corrected chi connectivity index (χ0v) is 15.9. The normalized spacial score (nSPS) is 15.4. The van der Waals surface area contributed by atoms with Gasteiger partial charge in [0, 0.05) is 0 Å². The number of phosphoric ester groups is 1. The van der Waals surface area contributed by atoms with E-state index in [9.17, 15) is 14.6 Å². The van der Waals surface area contributed by atoms with Crippen molar-refractivity contribution in [1.29, 1.82) is 0 Å². The van der Waals surface area contributed by atoms with Crippen LogP contribution in [0, 0.1) is 0 Å². The van der Waals surface area contributed by atoms with Crippen molar-refractivity contribution in [2.24, 2.45) is 0 Å². The number of likely N-dealkylation sites (N-methyl/N-ethyl adjacent to an activating group) is 1. The highest BCUT2D eigenvalue weighted by molar-refractivity contribution is 7.47. The molecule has 9 heteroatoms. The molecule has 7 nitrogen and oxygen atoms in total. The van der Waals surface area contributed by atoms with Gasteiger partial charge in [0.25, 0.3) is 0 Å². The van der Waals surface area contributed by atoms with Gasteiger partial charge in [-0.3, -0.25) is 9.05 Å². The minimum absolute atomic E-state index is 0. The number of ether oxygens (including phenoxy) is 1. The van der Waals surface area contributed by atoms with Crippen LogP contribution in [0.15, 0.2) is 30.3 Å². The van der Waals surface area contributed by atoms with Gasteiger partial charge in [-0.2, -0.15) is 0 Å². The number of quaternary nitrogens is 1. The van der Waals surface area contributed by atoms with Crippen LogP contribution in [-0.2, 0) is 25.0 Å². The average Bonchev–Trinajstić information content (AvgIpc) is 2.45. The molecule has 0 spiro atoms. The number of halogens is 1. The van der Waals surface area contributed by atoms with Gasteiger partial charge in [0.05, 0.1) is 41.0 Å². The molecule has 0 aromatic heterocycles. The van der Waals surface area contributed by atoms with Crippen molar-refractivity contribution in [2.75, 3.05) is 47.5 Å². The van der Waals surface area contributed by atoms with Crippen molar-refractivity contribution in [3.63, 3.8) is 0 Å². The summed E-state index contributed by atoms with van der Waals surface area (Å²) < 4.78 is 27.2. The summed E-state index contributed by atoms with van der Waals surface area (Å²) in [4.78, 5) is 9.52. The van der Waals surface area contributed by atoms with E-state index in [1.807, 2.05) is 51.5 Å². The minimum atomic E-state index is -4.15. The van der Waals surface area contributed by atoms with Gasteiger partial charge in [0.15, 0.2) is 0 Å². The standard InChI is InChI=1S/C15H26NO6P.ClH/c1-16(2,3)9-10-21-23(18,19)22-13-15(17)12-20-11-14-7-5-4-6-8-14;/h4-8,15,17H,9-13H2,1-3H3;1H/t15-;/m1./s1. The Hall–Kier alpha value is -0.500. The first-order valence-corrected chi connectivity index (χ1v) is 8.89. The molecule has 24 heavy (non-hydrogen) atoms. The number of hydrogen-bond donors (Lipinski definition) is 2. The molecule has 0 saturated heterocycles. The second-order valence-corrected chi connectivity index (χ2v) is 7.72. The monoisotopic (exact) mass is 383 g/mol. The maximum Gasteiger partial charge on any atom is 0.472 e. The van der Waals surface area contributed by atoms with E-state index in [1.165, 1.54) is 0 Å². The van der Waals surface area contributed by atoms with Crippen molar-refractivity contribution in [3.05, 3.63) is 35.9 Å². The maximum absolute atomic E-state index is 11.7. The quantitative estimate of drug-likeness (QED) is 0.354. The molecule has 0 aliphatic heterocycles. The molecule has 0 fully saturated rings. The molecule has 1 aromatic carbocycles. The lowest BCUT2D eigenvalue weighted by Crippen LogP contribution is -3.00. The molecule has 0 aliphatic carbocycles. The molecule has 2 atom stereocenters. The van der Waals surface area contributed by atoms with Crippen LogP contribution in [0.4, 0.5) is 0 Å². The lowest BCUT2D eigenvalue weighted by molar-refractivity contribution is -0.870. The summed E-state index contributed by atoms with van der Waals surface area (Å²) in [7, 11) is 1.69. The van der Waals surface area contributed by atoms with Gasteiger partial charge in [-0.05, 0) is 5.56 Å². The Morgan fingerprint density at radius 2 is 1.75 bits per heavy atom. The smallest absolute Gasteiger partial charge is 0.472 e. The maximum atomic E-state index is 11.7. The first kappa shape index (κ1) is 23.5. The second kappa shape index (κ2) is 11.2. The predicted molar refractivity (Wildman–Crippen MR) is 86.7 cm³/mol. The van der Waals surface area contributed by atoms with E-state index in [0.717, 1.165) is 5.56 Å². The second-order valence-electron chi connectivity index (χ2n) is 6.27. The van der Waals surface area contributed by atoms with Gasteiger partial charge in [0.1, 0.15) is 19.3 Å². The summed E-state index contributed by atoms with van der Waals surface area (Å²) in [5.74, 6) is 0. The predicted octanol–water partition coefficient (Wildman–Crippen LogP) is -1.59. The third-order valence-corrected chi connectivity index (χ3v) is 3.85. The number of nitrogens with zero attached hydrogens (tertiary/aromatic N) is 1. The highest BCUT2D eigenvalue weighted by Gasteiger charge is 2.24. The van der Waals surface area contributed by atoms with Crippen molar-refractivity contribution in [2.45, 2.75) is 12.7 Å². The lowest BCUT2D eigenvalue weighted by Gasteiger charge is -2.24. The van der Waals surface area contributed by atoms with E-state index in [4.69, 9.17) is 13.8 Å². The zero-order valence-electron chi connectivity index (χ0n) is 14.3. The molecule has 0 aliphatic rings. The lowest BCUT2D eigenvalue weighted by atomic mass is 10.2. The first-order chi connectivity index (χ1) is 10.7. The Morgan fingerprint density at radius 1 is 1.12 bits per heavy atom. The summed E-state index contributed by atoms with van der Waals surface area (Å²) in [6, 6.07) is 9.52. The molecular formula is C15H27ClNO6P. The van der Waals surface area contributed by atoms with Crippen molar-refractivity contribution in [1.82, 2.24) is 0 Å². The van der Waals surface area contributed by atoms with Gasteiger partial charge in [-0.25, -0.2) is 4.57 Å². The number of phosphoric acid groups is 1. The SMILES string of the molecule is C[N+](C)(C)CCOP(=O)(O)OC[C@H](O)COCc1ccccc1.[Cl-]. The van der Waals surface area contributed by atoms with E-state index in [2.05, 4.69) is 0 Å². The van der Waals surface area contributed by atoms with Gasteiger partial charge >= 0.3 is 7.82 Å². The minimum Gasteiger partial charge on any atom is -1.00 e. The molecule has 1 aromatic rings. The highest BCUT2D eigenvalue weighted by Crippen LogP contribution is 2.43. The van der Waals surface area contributed by atoms with Gasteiger partial charge in [-0.1, -0.05) is 30.3 Å². The molecule has 140 valence electrons. The van der Waals surface area contributed by atoms with Gasteiger partial charge in [-0.15, -0.1) is 0 Å². The molecular weight excluding hydrogens is 357 g/mol. The van der Waals surface area contributed by atoms with Crippen LogP contribution in [0.1, 0.15) is 5.56 Å². The van der Waals surface area contributed by atoms with Crippen LogP contribution in [-0.4, -0.2) is 68.1 Å². The summed E-state index contributed by atoms with van der Waals surface area (Å²) in [5.41, 5.74) is 0.983. The van der Waals surface area contributed by atoms with E-state index in [1.54, 1.807) is 0 Å². The Balaban J connectivity index is 0.00000529. The van der Waals surface area contributed by atoms with E-state index in [0.29, 0.717) is 17.6 Å². The molecule has 1 rings (SSSR count). The van der Waals surface area contributed by atoms with Crippen molar-refractivity contribution < 1.29 is 45.2 Å². The summed E-state index contributed by atoms with van der Waals surface area (Å²) in [5, 5.41) is 9.70. The highest BCUT2D eigenvalue weighted by atomic mass is 35.5. The van der Waals surface area contributed by atoms with Gasteiger partial charge < -0.3 is 31.6 Å². The van der Waals surface area contributed by atoms with Crippen LogP contribution in [0.5, 0.6) is 0 Å². The number of benzene rings is 1. The largest absolute Gasteiger partial charge is 1.00 e. The van der Waals surface area contributed by atoms with E-state index < -0.39 is 13.9 Å². The summed E-state index contributed by atoms with van der Waals surface area (Å²) in [6.45, 7) is 0.698. The zero-order chi connectivity index (χ0) is 17.3. The summed E-state index contributed by atoms with van der Waals surface area (Å²) >= 11 is 0. The molecule has 0 radical (unpaired) electrons. The molecule has 0 amide bonds. The average molecular weight is 384 g/mol. The van der Waals surface area contributed by atoms with E-state index >= 15 is 0 Å². The third-order valence-electron chi connectivity index (χ3n) is 2.87. The molecule has 1 unspecified atom stereocenters. The topological polar surface area (TPSA) is 85.2 Å². The fourth-order valence-corrected chi connectivity index (χ4v) is 2.33. The van der Waals surface area contributed by atoms with Crippen LogP contribution in [0.2, 0.25) is 0 Å². The Bertz CT molecular complexity index is 496. The number of hydrogen-bond acceptors (Lipinski definition) is 5. The Labute approximate surface area is 149 Å². The first-order valence-electron chi connectivity index (χ1n) is 7.40. The third kappa shape index (κ3) is 11.9. The summed E-state index contributed by atoms with van der Waals surface area (Å²) in [6.07, 6.45) is -0.999. The van der Waals surface area contributed by atoms with Crippen LogP contribution >= 0.6 is 7.82 Å². The number of aliphatic hydroxyl groups excluding tert-OH is 1. The van der Waals surface area contributed by atoms with Crippen molar-refractivity contribution >= 4 is 7.82 Å². The molecule has 0 bridgehead atoms. The van der Waals surface area contributed by atoms with Gasteiger partial charge in [0.2, 0.25) is 0 Å². The van der Waals surface area contributed by atoms with Crippen LogP contribution in [0.3, 0.4) is 0 Å². The molecule has 0 saturated carbocycles. The Morgan fingerprint density at radius 3 is 2.33 bits per heavy atom. The Kier molecular flexibility index (Phi) is 10.9. The fraction of sp³-hybridized carbons (Fsp3) is 0.600. The van der Waals surface area contributed by atoms with Crippen molar-refractivity contribution in [3.8, 4) is 0 Å². The molecule has 2 N–H and O–H groups in total. The fourth-order valence-electron chi connectivity index (χ4n) is 1.58. The number of aliphatic hydroxyl groups is 1. The molecule has 0 heterocycles.